The summed E-state index contributed by atoms with van der Waals surface area (Å²) in [5.41, 5.74) is 0.794. The molecule has 4 nitrogen and oxygen atoms in total. The van der Waals surface area contributed by atoms with Gasteiger partial charge in [0.25, 0.3) is 0 Å². The lowest BCUT2D eigenvalue weighted by Gasteiger charge is -2.23. The quantitative estimate of drug-likeness (QED) is 0.814. The fraction of sp³-hybridized carbons (Fsp3) is 0.533. The smallest absolute Gasteiger partial charge is 0.303 e. The lowest BCUT2D eigenvalue weighted by molar-refractivity contribution is -0.139. The summed E-state index contributed by atoms with van der Waals surface area (Å²) in [6.45, 7) is 3.93. The van der Waals surface area contributed by atoms with E-state index in [1.807, 2.05) is 26.0 Å². The summed E-state index contributed by atoms with van der Waals surface area (Å²) >= 11 is 3.47. The molecule has 0 saturated heterocycles. The van der Waals surface area contributed by atoms with Crippen LogP contribution in [0.5, 0.6) is 11.5 Å². The first-order valence-electron chi connectivity index (χ1n) is 6.42. The highest BCUT2D eigenvalue weighted by atomic mass is 79.9. The largest absolute Gasteiger partial charge is 0.495 e. The summed E-state index contributed by atoms with van der Waals surface area (Å²) in [7, 11) is 3.22. The number of methoxy groups -OCH3 is 2. The minimum atomic E-state index is -0.766. The van der Waals surface area contributed by atoms with Crippen LogP contribution in [0.2, 0.25) is 0 Å². The fourth-order valence-corrected chi connectivity index (χ4v) is 2.83. The first kappa shape index (κ1) is 16.8. The maximum absolute atomic E-state index is 10.8. The van der Waals surface area contributed by atoms with E-state index in [2.05, 4.69) is 15.9 Å². The van der Waals surface area contributed by atoms with Gasteiger partial charge in [-0.25, -0.2) is 0 Å². The van der Waals surface area contributed by atoms with Gasteiger partial charge in [-0.1, -0.05) is 19.9 Å². The molecule has 1 N–H and O–H groups in total. The van der Waals surface area contributed by atoms with Crippen LogP contribution in [-0.4, -0.2) is 25.3 Å². The van der Waals surface area contributed by atoms with Crippen molar-refractivity contribution < 1.29 is 19.4 Å². The van der Waals surface area contributed by atoms with Gasteiger partial charge in [-0.3, -0.25) is 4.79 Å². The molecule has 0 unspecified atom stereocenters. The van der Waals surface area contributed by atoms with Gasteiger partial charge < -0.3 is 14.6 Å². The maximum atomic E-state index is 10.8. The Morgan fingerprint density at radius 2 is 1.95 bits per heavy atom. The van der Waals surface area contributed by atoms with E-state index >= 15 is 0 Å². The molecular formula is C15H21BrO4. The third-order valence-corrected chi connectivity index (χ3v) is 4.02. The molecule has 0 atom stereocenters. The molecule has 1 rings (SSSR count). The molecule has 20 heavy (non-hydrogen) atoms. The summed E-state index contributed by atoms with van der Waals surface area (Å²) in [4.78, 5) is 10.8. The predicted molar refractivity (Wildman–Crippen MR) is 81.6 cm³/mol. The van der Waals surface area contributed by atoms with Crippen LogP contribution < -0.4 is 9.47 Å². The SMILES string of the molecule is COc1ccc(CCC(C)(C)CC(=O)O)c(OC)c1Br. The van der Waals surface area contributed by atoms with Gasteiger partial charge in [0, 0.05) is 0 Å². The number of benzene rings is 1. The highest BCUT2D eigenvalue weighted by Crippen LogP contribution is 2.39. The van der Waals surface area contributed by atoms with E-state index in [0.717, 1.165) is 34.4 Å². The van der Waals surface area contributed by atoms with Crippen molar-refractivity contribution in [2.75, 3.05) is 14.2 Å². The normalized spacial score (nSPS) is 11.2. The number of carboxylic acid groups (broad SMARTS) is 1. The minimum Gasteiger partial charge on any atom is -0.495 e. The molecule has 0 amide bonds. The number of carboxylic acids is 1. The molecule has 0 spiro atoms. The van der Waals surface area contributed by atoms with Gasteiger partial charge in [-0.2, -0.15) is 0 Å². The lowest BCUT2D eigenvalue weighted by Crippen LogP contribution is -2.17. The summed E-state index contributed by atoms with van der Waals surface area (Å²) in [5, 5.41) is 8.91. The number of aryl methyl sites for hydroxylation is 1. The molecule has 0 bridgehead atoms. The van der Waals surface area contributed by atoms with Crippen molar-refractivity contribution in [3.63, 3.8) is 0 Å². The zero-order chi connectivity index (χ0) is 15.3. The third kappa shape index (κ3) is 4.40. The van der Waals surface area contributed by atoms with E-state index in [1.165, 1.54) is 0 Å². The Hall–Kier alpha value is -1.23. The molecule has 0 aromatic heterocycles. The Kier molecular flexibility index (Phi) is 5.87. The highest BCUT2D eigenvalue weighted by Gasteiger charge is 2.23. The molecule has 0 saturated carbocycles. The van der Waals surface area contributed by atoms with Crippen molar-refractivity contribution in [1.29, 1.82) is 0 Å². The molecule has 1 aromatic carbocycles. The van der Waals surface area contributed by atoms with Crippen molar-refractivity contribution >= 4 is 21.9 Å². The second kappa shape index (κ2) is 6.97. The number of carbonyl (C=O) groups is 1. The number of hydrogen-bond donors (Lipinski definition) is 1. The van der Waals surface area contributed by atoms with Crippen molar-refractivity contribution in [3.05, 3.63) is 22.2 Å². The van der Waals surface area contributed by atoms with Crippen molar-refractivity contribution in [2.45, 2.75) is 33.1 Å². The topological polar surface area (TPSA) is 55.8 Å². The Morgan fingerprint density at radius 1 is 1.30 bits per heavy atom. The lowest BCUT2D eigenvalue weighted by atomic mass is 9.83. The average molecular weight is 345 g/mol. The van der Waals surface area contributed by atoms with Gasteiger partial charge in [0.1, 0.15) is 16.0 Å². The van der Waals surface area contributed by atoms with Crippen LogP contribution in [0.15, 0.2) is 16.6 Å². The fourth-order valence-electron chi connectivity index (χ4n) is 2.12. The van der Waals surface area contributed by atoms with E-state index in [-0.39, 0.29) is 11.8 Å². The van der Waals surface area contributed by atoms with E-state index in [0.29, 0.717) is 0 Å². The maximum Gasteiger partial charge on any atom is 0.303 e. The van der Waals surface area contributed by atoms with Crippen molar-refractivity contribution in [1.82, 2.24) is 0 Å². The van der Waals surface area contributed by atoms with Gasteiger partial charge >= 0.3 is 5.97 Å². The minimum absolute atomic E-state index is 0.159. The highest BCUT2D eigenvalue weighted by molar-refractivity contribution is 9.10. The van der Waals surface area contributed by atoms with Crippen LogP contribution in [0.25, 0.3) is 0 Å². The van der Waals surface area contributed by atoms with Gasteiger partial charge in [-0.15, -0.1) is 0 Å². The van der Waals surface area contributed by atoms with Crippen LogP contribution >= 0.6 is 15.9 Å². The van der Waals surface area contributed by atoms with E-state index in [1.54, 1.807) is 14.2 Å². The van der Waals surface area contributed by atoms with Crippen LogP contribution in [0.4, 0.5) is 0 Å². The number of rotatable bonds is 7. The average Bonchev–Trinajstić information content (AvgIpc) is 2.35. The van der Waals surface area contributed by atoms with Crippen LogP contribution in [0.3, 0.4) is 0 Å². The molecule has 0 aliphatic carbocycles. The Balaban J connectivity index is 2.88. The first-order valence-corrected chi connectivity index (χ1v) is 7.21. The Labute approximate surface area is 128 Å². The van der Waals surface area contributed by atoms with E-state index in [9.17, 15) is 4.79 Å². The molecule has 5 heteroatoms. The molecule has 112 valence electrons. The molecule has 0 aliphatic rings. The summed E-state index contributed by atoms with van der Waals surface area (Å²) in [6, 6.07) is 3.84. The van der Waals surface area contributed by atoms with Gasteiger partial charge in [0.15, 0.2) is 0 Å². The Bertz CT molecular complexity index is 483. The standard InChI is InChI=1S/C15H21BrO4/c1-15(2,9-12(17)18)8-7-10-5-6-11(19-3)13(16)14(10)20-4/h5-6H,7-9H2,1-4H3,(H,17,18). The van der Waals surface area contributed by atoms with Crippen molar-refractivity contribution in [3.8, 4) is 11.5 Å². The van der Waals surface area contributed by atoms with Gasteiger partial charge in [-0.05, 0) is 45.8 Å². The molecule has 0 aliphatic heterocycles. The number of ether oxygens (including phenoxy) is 2. The number of aliphatic carboxylic acids is 1. The van der Waals surface area contributed by atoms with Gasteiger partial charge in [0.05, 0.1) is 20.6 Å². The third-order valence-electron chi connectivity index (χ3n) is 3.27. The Morgan fingerprint density at radius 3 is 2.45 bits per heavy atom. The molecule has 0 heterocycles. The van der Waals surface area contributed by atoms with Gasteiger partial charge in [0.2, 0.25) is 0 Å². The monoisotopic (exact) mass is 344 g/mol. The predicted octanol–water partition coefficient (Wildman–Crippen LogP) is 3.90. The first-order chi connectivity index (χ1) is 9.30. The van der Waals surface area contributed by atoms with E-state index in [4.69, 9.17) is 14.6 Å². The summed E-state index contributed by atoms with van der Waals surface area (Å²) < 4.78 is 11.4. The zero-order valence-electron chi connectivity index (χ0n) is 12.3. The molecule has 1 aromatic rings. The number of halogens is 1. The summed E-state index contributed by atoms with van der Waals surface area (Å²) in [6.07, 6.45) is 1.69. The summed E-state index contributed by atoms with van der Waals surface area (Å²) in [5.74, 6) is 0.698. The van der Waals surface area contributed by atoms with E-state index < -0.39 is 5.97 Å². The van der Waals surface area contributed by atoms with Crippen LogP contribution in [-0.2, 0) is 11.2 Å². The number of hydrogen-bond acceptors (Lipinski definition) is 3. The molecule has 0 radical (unpaired) electrons. The van der Waals surface area contributed by atoms with Crippen LogP contribution in [0.1, 0.15) is 32.3 Å². The second-order valence-electron chi connectivity index (χ2n) is 5.51. The second-order valence-corrected chi connectivity index (χ2v) is 6.30. The van der Waals surface area contributed by atoms with Crippen LogP contribution in [0, 0.1) is 5.41 Å². The molecule has 0 fully saturated rings. The zero-order valence-corrected chi connectivity index (χ0v) is 13.9. The molecular weight excluding hydrogens is 324 g/mol. The van der Waals surface area contributed by atoms with Crippen molar-refractivity contribution in [2.24, 2.45) is 5.41 Å².